The summed E-state index contributed by atoms with van der Waals surface area (Å²) in [6.07, 6.45) is 3.75. The highest BCUT2D eigenvalue weighted by atomic mass is 35.5. The summed E-state index contributed by atoms with van der Waals surface area (Å²) in [5.41, 5.74) is 1.02. The van der Waals surface area contributed by atoms with Gasteiger partial charge in [-0.2, -0.15) is 0 Å². The fourth-order valence-corrected chi connectivity index (χ4v) is 3.20. The predicted octanol–water partition coefficient (Wildman–Crippen LogP) is 2.70. The van der Waals surface area contributed by atoms with Crippen molar-refractivity contribution in [2.24, 2.45) is 5.92 Å². The largest absolute Gasteiger partial charge is 0.505 e. The van der Waals surface area contributed by atoms with E-state index in [1.165, 1.54) is 31.4 Å². The van der Waals surface area contributed by atoms with Crippen LogP contribution >= 0.6 is 12.4 Å². The number of piperazine rings is 1. The normalized spacial score (nSPS) is 21.9. The standard InChI is InChI=1S/C15H21FN2O.ClH/c16-13-10-12(4-5-14(13)19)15(11-2-1-3-11)18-8-6-17-7-9-18;/h4-5,10-11,15,17,19H,1-3,6-9H2;1H/t15-;/m1./s1. The van der Waals surface area contributed by atoms with Crippen molar-refractivity contribution in [2.75, 3.05) is 26.2 Å². The maximum Gasteiger partial charge on any atom is 0.165 e. The molecular weight excluding hydrogens is 279 g/mol. The molecule has 0 spiro atoms. The Bertz CT molecular complexity index is 447. The average molecular weight is 301 g/mol. The lowest BCUT2D eigenvalue weighted by atomic mass is 9.76. The molecule has 3 nitrogen and oxygen atoms in total. The molecule has 1 saturated heterocycles. The number of nitrogens with zero attached hydrogens (tertiary/aromatic N) is 1. The first-order chi connectivity index (χ1) is 9.25. The zero-order valence-corrected chi connectivity index (χ0v) is 12.3. The van der Waals surface area contributed by atoms with Crippen LogP contribution < -0.4 is 5.32 Å². The van der Waals surface area contributed by atoms with Gasteiger partial charge in [-0.05, 0) is 36.5 Å². The summed E-state index contributed by atoms with van der Waals surface area (Å²) >= 11 is 0. The Morgan fingerprint density at radius 3 is 2.50 bits per heavy atom. The van der Waals surface area contributed by atoms with Gasteiger partial charge in [-0.1, -0.05) is 12.5 Å². The van der Waals surface area contributed by atoms with E-state index in [0.29, 0.717) is 12.0 Å². The van der Waals surface area contributed by atoms with Crippen LogP contribution in [0.1, 0.15) is 30.9 Å². The van der Waals surface area contributed by atoms with Gasteiger partial charge in [0.15, 0.2) is 11.6 Å². The summed E-state index contributed by atoms with van der Waals surface area (Å²) in [4.78, 5) is 2.46. The van der Waals surface area contributed by atoms with Gasteiger partial charge in [0.1, 0.15) is 0 Å². The third-order valence-electron chi connectivity index (χ3n) is 4.45. The molecule has 20 heavy (non-hydrogen) atoms. The molecule has 3 rings (SSSR count). The highest BCUT2D eigenvalue weighted by Crippen LogP contribution is 2.42. The molecule has 1 aliphatic carbocycles. The van der Waals surface area contributed by atoms with Gasteiger partial charge in [-0.3, -0.25) is 4.90 Å². The molecule has 2 aliphatic rings. The minimum absolute atomic E-state index is 0. The van der Waals surface area contributed by atoms with E-state index in [1.807, 2.05) is 6.07 Å². The molecule has 0 radical (unpaired) electrons. The van der Waals surface area contributed by atoms with E-state index in [4.69, 9.17) is 0 Å². The van der Waals surface area contributed by atoms with Gasteiger partial charge in [0, 0.05) is 32.2 Å². The van der Waals surface area contributed by atoms with Gasteiger partial charge in [0.05, 0.1) is 0 Å². The van der Waals surface area contributed by atoms with Crippen LogP contribution in [-0.4, -0.2) is 36.2 Å². The van der Waals surface area contributed by atoms with Crippen LogP contribution in [0, 0.1) is 11.7 Å². The number of nitrogens with one attached hydrogen (secondary N) is 1. The van der Waals surface area contributed by atoms with Crippen LogP contribution in [0.4, 0.5) is 4.39 Å². The van der Waals surface area contributed by atoms with E-state index in [9.17, 15) is 9.50 Å². The number of aromatic hydroxyl groups is 1. The number of hydrogen-bond acceptors (Lipinski definition) is 3. The van der Waals surface area contributed by atoms with Crippen molar-refractivity contribution in [3.63, 3.8) is 0 Å². The maximum absolute atomic E-state index is 13.6. The Balaban J connectivity index is 0.00000147. The van der Waals surface area contributed by atoms with Crippen LogP contribution in [0.3, 0.4) is 0 Å². The van der Waals surface area contributed by atoms with Crippen molar-refractivity contribution in [1.29, 1.82) is 0 Å². The van der Waals surface area contributed by atoms with Crippen LogP contribution in [0.15, 0.2) is 18.2 Å². The number of phenols is 1. The summed E-state index contributed by atoms with van der Waals surface area (Å²) in [7, 11) is 0. The first-order valence-corrected chi connectivity index (χ1v) is 7.19. The highest BCUT2D eigenvalue weighted by Gasteiger charge is 2.33. The van der Waals surface area contributed by atoms with E-state index in [2.05, 4.69) is 10.2 Å². The summed E-state index contributed by atoms with van der Waals surface area (Å²) in [6.45, 7) is 4.04. The highest BCUT2D eigenvalue weighted by molar-refractivity contribution is 5.85. The summed E-state index contributed by atoms with van der Waals surface area (Å²) in [5.74, 6) is -0.115. The molecule has 0 unspecified atom stereocenters. The van der Waals surface area contributed by atoms with Crippen molar-refractivity contribution in [2.45, 2.75) is 25.3 Å². The summed E-state index contributed by atoms with van der Waals surface area (Å²) in [5, 5.41) is 12.7. The second kappa shape index (κ2) is 6.74. The number of halogens is 2. The predicted molar refractivity (Wildman–Crippen MR) is 79.8 cm³/mol. The third-order valence-corrected chi connectivity index (χ3v) is 4.45. The first-order valence-electron chi connectivity index (χ1n) is 7.19. The number of benzene rings is 1. The van der Waals surface area contributed by atoms with Crippen molar-refractivity contribution in [3.8, 4) is 5.75 Å². The molecule has 1 atom stereocenters. The monoisotopic (exact) mass is 300 g/mol. The molecule has 0 aromatic heterocycles. The topological polar surface area (TPSA) is 35.5 Å². The molecule has 2 N–H and O–H groups in total. The van der Waals surface area contributed by atoms with E-state index >= 15 is 0 Å². The summed E-state index contributed by atoms with van der Waals surface area (Å²) in [6, 6.07) is 5.19. The van der Waals surface area contributed by atoms with Gasteiger partial charge in [0.2, 0.25) is 0 Å². The minimum atomic E-state index is -0.503. The van der Waals surface area contributed by atoms with E-state index in [1.54, 1.807) is 0 Å². The molecule has 0 bridgehead atoms. The SMILES string of the molecule is Cl.Oc1ccc([C@@H](C2CCC2)N2CCNCC2)cc1F. The van der Waals surface area contributed by atoms with E-state index < -0.39 is 5.82 Å². The van der Waals surface area contributed by atoms with Gasteiger partial charge in [-0.15, -0.1) is 12.4 Å². The number of phenolic OH excluding ortho intramolecular Hbond substituents is 1. The van der Waals surface area contributed by atoms with Gasteiger partial charge >= 0.3 is 0 Å². The molecule has 5 heteroatoms. The molecule has 1 saturated carbocycles. The van der Waals surface area contributed by atoms with Crippen LogP contribution in [0.5, 0.6) is 5.75 Å². The molecule has 1 heterocycles. The molecule has 1 aliphatic heterocycles. The fourth-order valence-electron chi connectivity index (χ4n) is 3.20. The quantitative estimate of drug-likeness (QED) is 0.901. The zero-order valence-electron chi connectivity index (χ0n) is 11.5. The van der Waals surface area contributed by atoms with Crippen molar-refractivity contribution < 1.29 is 9.50 Å². The van der Waals surface area contributed by atoms with Gasteiger partial charge in [-0.25, -0.2) is 4.39 Å². The minimum Gasteiger partial charge on any atom is -0.505 e. The fraction of sp³-hybridized carbons (Fsp3) is 0.600. The number of hydrogen-bond donors (Lipinski definition) is 2. The second-order valence-corrected chi connectivity index (χ2v) is 5.63. The Kier molecular flexibility index (Phi) is 5.24. The van der Waals surface area contributed by atoms with Crippen LogP contribution in [-0.2, 0) is 0 Å². The lowest BCUT2D eigenvalue weighted by Gasteiger charge is -2.43. The smallest absolute Gasteiger partial charge is 0.165 e. The van der Waals surface area contributed by atoms with E-state index in [-0.39, 0.29) is 18.2 Å². The third kappa shape index (κ3) is 3.08. The van der Waals surface area contributed by atoms with Gasteiger partial charge in [0.25, 0.3) is 0 Å². The Labute approximate surface area is 125 Å². The lowest BCUT2D eigenvalue weighted by molar-refractivity contribution is 0.0834. The Morgan fingerprint density at radius 2 is 1.95 bits per heavy atom. The molecule has 112 valence electrons. The molecule has 0 amide bonds. The summed E-state index contributed by atoms with van der Waals surface area (Å²) < 4.78 is 13.6. The maximum atomic E-state index is 13.6. The second-order valence-electron chi connectivity index (χ2n) is 5.63. The molecular formula is C15H22ClFN2O. The van der Waals surface area contributed by atoms with Crippen molar-refractivity contribution >= 4 is 12.4 Å². The zero-order chi connectivity index (χ0) is 13.2. The van der Waals surface area contributed by atoms with Crippen molar-refractivity contribution in [1.82, 2.24) is 10.2 Å². The van der Waals surface area contributed by atoms with Crippen molar-refractivity contribution in [3.05, 3.63) is 29.6 Å². The molecule has 1 aromatic carbocycles. The van der Waals surface area contributed by atoms with E-state index in [0.717, 1.165) is 31.7 Å². The Hall–Kier alpha value is -0.840. The number of rotatable bonds is 3. The molecule has 1 aromatic rings. The Morgan fingerprint density at radius 1 is 1.25 bits per heavy atom. The van der Waals surface area contributed by atoms with Gasteiger partial charge < -0.3 is 10.4 Å². The lowest BCUT2D eigenvalue weighted by Crippen LogP contribution is -2.47. The first kappa shape index (κ1) is 15.5. The molecule has 2 fully saturated rings. The average Bonchev–Trinajstić information content (AvgIpc) is 2.38. The van der Waals surface area contributed by atoms with Crippen LogP contribution in [0.2, 0.25) is 0 Å². The van der Waals surface area contributed by atoms with Crippen LogP contribution in [0.25, 0.3) is 0 Å².